The van der Waals surface area contributed by atoms with Gasteiger partial charge in [0.05, 0.1) is 5.39 Å². The molecule has 0 atom stereocenters. The molecule has 2 aliphatic carbocycles. The molecule has 0 N–H and O–H groups in total. The van der Waals surface area contributed by atoms with Crippen LogP contribution in [0.5, 0.6) is 0 Å². The molecular weight excluding hydrogens is 384 g/mol. The molecule has 0 radical (unpaired) electrons. The average molecular weight is 419 g/mol. The second-order valence-electron chi connectivity index (χ2n) is 8.52. The second kappa shape index (κ2) is 9.80. The Labute approximate surface area is 177 Å². The van der Waals surface area contributed by atoms with Crippen molar-refractivity contribution < 1.29 is 0 Å². The van der Waals surface area contributed by atoms with Crippen molar-refractivity contribution in [2.75, 3.05) is 5.75 Å². The minimum absolute atomic E-state index is 0.268. The molecule has 2 aromatic rings. The molecule has 1 fully saturated rings. The third kappa shape index (κ3) is 4.35. The zero-order valence-electron chi connectivity index (χ0n) is 17.3. The van der Waals surface area contributed by atoms with Crippen LogP contribution >= 0.6 is 23.1 Å². The normalized spacial score (nSPS) is 17.9. The van der Waals surface area contributed by atoms with Crippen LogP contribution in [0.2, 0.25) is 0 Å². The summed E-state index contributed by atoms with van der Waals surface area (Å²) in [6.07, 6.45) is 17.3. The van der Waals surface area contributed by atoms with Gasteiger partial charge in [0.25, 0.3) is 5.56 Å². The summed E-state index contributed by atoms with van der Waals surface area (Å²) >= 11 is 3.63. The minimum Gasteiger partial charge on any atom is -0.284 e. The number of nitrogens with zero attached hydrogens (tertiary/aromatic N) is 2. The van der Waals surface area contributed by atoms with Gasteiger partial charge in [-0.2, -0.15) is 0 Å². The Balaban J connectivity index is 1.64. The van der Waals surface area contributed by atoms with E-state index in [2.05, 4.69) is 11.5 Å². The van der Waals surface area contributed by atoms with E-state index in [-0.39, 0.29) is 5.56 Å². The van der Waals surface area contributed by atoms with E-state index >= 15 is 0 Å². The van der Waals surface area contributed by atoms with E-state index in [9.17, 15) is 4.79 Å². The fraction of sp³-hybridized carbons (Fsp3) is 0.739. The van der Waals surface area contributed by atoms with E-state index in [1.54, 1.807) is 11.3 Å². The zero-order chi connectivity index (χ0) is 19.3. The Hall–Kier alpha value is -0.810. The topological polar surface area (TPSA) is 34.9 Å². The molecule has 0 unspecified atom stereocenters. The quantitative estimate of drug-likeness (QED) is 0.265. The average Bonchev–Trinajstić information content (AvgIpc) is 3.10. The molecule has 4 rings (SSSR count). The Bertz CT molecular complexity index is 848. The monoisotopic (exact) mass is 418 g/mol. The molecule has 2 aliphatic rings. The number of unbranched alkanes of at least 4 members (excludes halogenated alkanes) is 4. The number of rotatable bonds is 8. The summed E-state index contributed by atoms with van der Waals surface area (Å²) in [7, 11) is 0. The van der Waals surface area contributed by atoms with Crippen molar-refractivity contribution in [3.05, 3.63) is 20.8 Å². The molecular formula is C23H34N2OS2. The van der Waals surface area contributed by atoms with Crippen molar-refractivity contribution in [1.82, 2.24) is 9.55 Å². The molecule has 5 heteroatoms. The molecule has 0 amide bonds. The number of hydrogen-bond donors (Lipinski definition) is 0. The minimum atomic E-state index is 0.268. The van der Waals surface area contributed by atoms with Crippen LogP contribution in [-0.4, -0.2) is 15.3 Å². The highest BCUT2D eigenvalue weighted by atomic mass is 32.2. The summed E-state index contributed by atoms with van der Waals surface area (Å²) in [5, 5.41) is 1.97. The summed E-state index contributed by atoms with van der Waals surface area (Å²) in [6.45, 7) is 2.26. The number of thioether (sulfide) groups is 1. The van der Waals surface area contributed by atoms with Crippen LogP contribution < -0.4 is 5.56 Å². The van der Waals surface area contributed by atoms with Gasteiger partial charge in [0.1, 0.15) is 4.83 Å². The van der Waals surface area contributed by atoms with Gasteiger partial charge in [0.15, 0.2) is 5.16 Å². The van der Waals surface area contributed by atoms with E-state index in [1.165, 1.54) is 74.6 Å². The SMILES string of the molecule is CCCCCCCSc1nc2sc3c(c2c(=O)n1C1CCCCC1)CCCC3. The van der Waals surface area contributed by atoms with Crippen LogP contribution in [-0.2, 0) is 12.8 Å². The highest BCUT2D eigenvalue weighted by molar-refractivity contribution is 7.99. The predicted octanol–water partition coefficient (Wildman–Crippen LogP) is 6.90. The third-order valence-corrected chi connectivity index (χ3v) is 8.63. The molecule has 0 aromatic carbocycles. The molecule has 154 valence electrons. The standard InChI is InChI=1S/C23H34N2OS2/c1-2-3-4-5-11-16-27-23-24-21-20(18-14-9-10-15-19(18)28-21)22(26)25(23)17-12-7-6-8-13-17/h17H,2-16H2,1H3. The van der Waals surface area contributed by atoms with E-state index in [4.69, 9.17) is 4.98 Å². The first-order chi connectivity index (χ1) is 13.8. The summed E-state index contributed by atoms with van der Waals surface area (Å²) in [5.74, 6) is 1.08. The van der Waals surface area contributed by atoms with Crippen LogP contribution in [0.1, 0.15) is 100 Å². The number of fused-ring (bicyclic) bond motifs is 3. The molecule has 3 nitrogen and oxygen atoms in total. The van der Waals surface area contributed by atoms with Crippen LogP contribution in [0.15, 0.2) is 9.95 Å². The molecule has 1 saturated carbocycles. The fourth-order valence-corrected chi connectivity index (χ4v) is 7.20. The smallest absolute Gasteiger partial charge is 0.263 e. The molecule has 28 heavy (non-hydrogen) atoms. The van der Waals surface area contributed by atoms with Crippen LogP contribution in [0.3, 0.4) is 0 Å². The molecule has 0 bridgehead atoms. The van der Waals surface area contributed by atoms with E-state index < -0.39 is 0 Å². The largest absolute Gasteiger partial charge is 0.284 e. The van der Waals surface area contributed by atoms with Gasteiger partial charge >= 0.3 is 0 Å². The Kier molecular flexibility index (Phi) is 7.16. The van der Waals surface area contributed by atoms with Crippen molar-refractivity contribution >= 4 is 33.3 Å². The van der Waals surface area contributed by atoms with Gasteiger partial charge in [-0.1, -0.05) is 63.6 Å². The van der Waals surface area contributed by atoms with Crippen LogP contribution in [0.4, 0.5) is 0 Å². The van der Waals surface area contributed by atoms with Gasteiger partial charge in [0, 0.05) is 16.7 Å². The van der Waals surface area contributed by atoms with Crippen molar-refractivity contribution in [3.8, 4) is 0 Å². The summed E-state index contributed by atoms with van der Waals surface area (Å²) in [6, 6.07) is 0.361. The number of aromatic nitrogens is 2. The molecule has 0 aliphatic heterocycles. The predicted molar refractivity (Wildman–Crippen MR) is 122 cm³/mol. The van der Waals surface area contributed by atoms with E-state index in [0.29, 0.717) is 6.04 Å². The van der Waals surface area contributed by atoms with Crippen LogP contribution in [0, 0.1) is 0 Å². The van der Waals surface area contributed by atoms with Gasteiger partial charge in [0.2, 0.25) is 0 Å². The lowest BCUT2D eigenvalue weighted by Crippen LogP contribution is -2.29. The lowest BCUT2D eigenvalue weighted by Gasteiger charge is -2.26. The zero-order valence-corrected chi connectivity index (χ0v) is 18.9. The Morgan fingerprint density at radius 1 is 1.04 bits per heavy atom. The van der Waals surface area contributed by atoms with Gasteiger partial charge in [-0.15, -0.1) is 11.3 Å². The maximum atomic E-state index is 13.7. The van der Waals surface area contributed by atoms with E-state index in [1.807, 2.05) is 11.8 Å². The summed E-state index contributed by atoms with van der Waals surface area (Å²) in [5.41, 5.74) is 1.61. The van der Waals surface area contributed by atoms with Crippen molar-refractivity contribution in [1.29, 1.82) is 0 Å². The second-order valence-corrected chi connectivity index (χ2v) is 10.7. The first kappa shape index (κ1) is 20.5. The number of hydrogen-bond acceptors (Lipinski definition) is 4. The first-order valence-corrected chi connectivity index (χ1v) is 13.3. The molecule has 0 saturated heterocycles. The Morgan fingerprint density at radius 3 is 2.64 bits per heavy atom. The fourth-order valence-electron chi connectivity index (χ4n) is 4.83. The van der Waals surface area contributed by atoms with Crippen molar-refractivity contribution in [2.24, 2.45) is 0 Å². The number of thiophene rings is 1. The van der Waals surface area contributed by atoms with Gasteiger partial charge in [-0.25, -0.2) is 4.98 Å². The van der Waals surface area contributed by atoms with Gasteiger partial charge in [-0.3, -0.25) is 9.36 Å². The summed E-state index contributed by atoms with van der Waals surface area (Å²) < 4.78 is 2.12. The maximum Gasteiger partial charge on any atom is 0.263 e. The Morgan fingerprint density at radius 2 is 1.82 bits per heavy atom. The van der Waals surface area contributed by atoms with Crippen molar-refractivity contribution in [2.45, 2.75) is 108 Å². The lowest BCUT2D eigenvalue weighted by atomic mass is 9.94. The highest BCUT2D eigenvalue weighted by Gasteiger charge is 2.26. The molecule has 0 spiro atoms. The highest BCUT2D eigenvalue weighted by Crippen LogP contribution is 2.37. The maximum absolute atomic E-state index is 13.7. The lowest BCUT2D eigenvalue weighted by molar-refractivity contribution is 0.326. The molecule has 2 heterocycles. The third-order valence-electron chi connectivity index (χ3n) is 6.41. The summed E-state index contributed by atoms with van der Waals surface area (Å²) in [4.78, 5) is 21.2. The van der Waals surface area contributed by atoms with Crippen LogP contribution in [0.25, 0.3) is 10.2 Å². The van der Waals surface area contributed by atoms with Gasteiger partial charge < -0.3 is 0 Å². The first-order valence-electron chi connectivity index (χ1n) is 11.5. The number of aryl methyl sites for hydroxylation is 2. The van der Waals surface area contributed by atoms with Crippen molar-refractivity contribution in [3.63, 3.8) is 0 Å². The van der Waals surface area contributed by atoms with Gasteiger partial charge in [-0.05, 0) is 50.5 Å². The van der Waals surface area contributed by atoms with E-state index in [0.717, 1.165) is 46.8 Å². The molecule has 2 aromatic heterocycles.